The van der Waals surface area contributed by atoms with E-state index < -0.39 is 5.60 Å². The van der Waals surface area contributed by atoms with E-state index in [1.807, 2.05) is 22.5 Å². The van der Waals surface area contributed by atoms with Crippen molar-refractivity contribution in [2.75, 3.05) is 18.1 Å². The third-order valence-electron chi connectivity index (χ3n) is 4.36. The molecule has 118 valence electrons. The highest BCUT2D eigenvalue weighted by Crippen LogP contribution is 2.27. The molecular weight excluding hydrogens is 294 g/mol. The minimum atomic E-state index is -0.531. The summed E-state index contributed by atoms with van der Waals surface area (Å²) in [4.78, 5) is 4.07. The number of benzene rings is 1. The van der Waals surface area contributed by atoms with E-state index in [1.54, 1.807) is 12.5 Å². The molecular formula is C17H23N3OS. The van der Waals surface area contributed by atoms with E-state index in [2.05, 4.69) is 41.5 Å². The molecule has 1 saturated heterocycles. The second-order valence-corrected chi connectivity index (χ2v) is 7.23. The lowest BCUT2D eigenvalue weighted by Crippen LogP contribution is -2.44. The van der Waals surface area contributed by atoms with Crippen molar-refractivity contribution in [3.8, 4) is 5.69 Å². The van der Waals surface area contributed by atoms with Crippen molar-refractivity contribution < 1.29 is 5.11 Å². The molecule has 0 aliphatic carbocycles. The first-order valence-corrected chi connectivity index (χ1v) is 8.94. The van der Waals surface area contributed by atoms with Gasteiger partial charge >= 0.3 is 0 Å². The molecule has 0 saturated carbocycles. The maximum absolute atomic E-state index is 10.6. The first-order valence-electron chi connectivity index (χ1n) is 7.78. The molecule has 1 aromatic carbocycles. The number of hydrogen-bond acceptors (Lipinski definition) is 4. The van der Waals surface area contributed by atoms with E-state index in [0.717, 1.165) is 30.0 Å². The molecule has 1 aromatic heterocycles. The van der Waals surface area contributed by atoms with Gasteiger partial charge in [0.1, 0.15) is 0 Å². The quantitative estimate of drug-likeness (QED) is 0.890. The van der Waals surface area contributed by atoms with Crippen molar-refractivity contribution >= 4 is 11.8 Å². The van der Waals surface area contributed by atoms with Crippen LogP contribution >= 0.6 is 11.8 Å². The molecule has 1 aliphatic rings. The summed E-state index contributed by atoms with van der Waals surface area (Å²) in [5.74, 6) is 2.12. The van der Waals surface area contributed by atoms with Crippen LogP contribution in [0.15, 0.2) is 43.0 Å². The van der Waals surface area contributed by atoms with Crippen LogP contribution in [0.1, 0.15) is 31.4 Å². The minimum Gasteiger partial charge on any atom is -0.389 e. The number of aliphatic hydroxyl groups is 1. The minimum absolute atomic E-state index is 0.232. The van der Waals surface area contributed by atoms with Gasteiger partial charge in [0.05, 0.1) is 11.9 Å². The Balaban J connectivity index is 1.59. The predicted octanol–water partition coefficient (Wildman–Crippen LogP) is 2.78. The van der Waals surface area contributed by atoms with Gasteiger partial charge in [-0.3, -0.25) is 0 Å². The van der Waals surface area contributed by atoms with E-state index in [9.17, 15) is 5.11 Å². The molecule has 0 amide bonds. The molecule has 0 radical (unpaired) electrons. The first kappa shape index (κ1) is 15.6. The number of aromatic nitrogens is 2. The fourth-order valence-corrected chi connectivity index (χ4v) is 3.99. The van der Waals surface area contributed by atoms with Gasteiger partial charge in [-0.25, -0.2) is 4.98 Å². The lowest BCUT2D eigenvalue weighted by atomic mass is 9.96. The molecule has 0 bridgehead atoms. The standard InChI is InChI=1S/C17H23N3OS/c1-14(19-12-17(21)6-10-22-11-7-17)15-2-4-16(5-3-15)20-9-8-18-13-20/h2-5,8-9,13-14,19,21H,6-7,10-12H2,1H3. The smallest absolute Gasteiger partial charge is 0.0991 e. The topological polar surface area (TPSA) is 50.1 Å². The Bertz CT molecular complexity index is 576. The predicted molar refractivity (Wildman–Crippen MR) is 91.5 cm³/mol. The number of nitrogens with one attached hydrogen (secondary N) is 1. The molecule has 3 rings (SSSR count). The van der Waals surface area contributed by atoms with Crippen LogP contribution < -0.4 is 5.32 Å². The molecule has 2 heterocycles. The highest BCUT2D eigenvalue weighted by Gasteiger charge is 2.29. The lowest BCUT2D eigenvalue weighted by molar-refractivity contribution is 0.0300. The van der Waals surface area contributed by atoms with Crippen molar-refractivity contribution in [3.05, 3.63) is 48.5 Å². The van der Waals surface area contributed by atoms with E-state index in [1.165, 1.54) is 5.56 Å². The molecule has 2 N–H and O–H groups in total. The van der Waals surface area contributed by atoms with E-state index >= 15 is 0 Å². The molecule has 1 unspecified atom stereocenters. The molecule has 0 spiro atoms. The largest absolute Gasteiger partial charge is 0.389 e. The summed E-state index contributed by atoms with van der Waals surface area (Å²) in [6.07, 6.45) is 7.29. The Morgan fingerprint density at radius 1 is 1.32 bits per heavy atom. The maximum Gasteiger partial charge on any atom is 0.0991 e. The van der Waals surface area contributed by atoms with Crippen molar-refractivity contribution in [1.82, 2.24) is 14.9 Å². The molecule has 1 fully saturated rings. The van der Waals surface area contributed by atoms with Crippen molar-refractivity contribution in [1.29, 1.82) is 0 Å². The van der Waals surface area contributed by atoms with Gasteiger partial charge in [-0.1, -0.05) is 12.1 Å². The van der Waals surface area contributed by atoms with Gasteiger partial charge in [-0.05, 0) is 49.0 Å². The summed E-state index contributed by atoms with van der Waals surface area (Å²) < 4.78 is 1.99. The van der Waals surface area contributed by atoms with Crippen LogP contribution in [-0.4, -0.2) is 38.3 Å². The van der Waals surface area contributed by atoms with E-state index in [0.29, 0.717) is 6.54 Å². The van der Waals surface area contributed by atoms with Crippen LogP contribution in [0.25, 0.3) is 5.69 Å². The van der Waals surface area contributed by atoms with E-state index in [4.69, 9.17) is 0 Å². The third-order valence-corrected chi connectivity index (χ3v) is 5.34. The van der Waals surface area contributed by atoms with Crippen LogP contribution in [0.4, 0.5) is 0 Å². The summed E-state index contributed by atoms with van der Waals surface area (Å²) in [5, 5.41) is 14.0. The zero-order valence-electron chi connectivity index (χ0n) is 12.9. The summed E-state index contributed by atoms with van der Waals surface area (Å²) in [6.45, 7) is 2.81. The number of hydrogen-bond donors (Lipinski definition) is 2. The van der Waals surface area contributed by atoms with Crippen molar-refractivity contribution in [2.45, 2.75) is 31.4 Å². The normalized spacial score (nSPS) is 19.0. The molecule has 2 aromatic rings. The second kappa shape index (κ2) is 6.86. The second-order valence-electron chi connectivity index (χ2n) is 6.00. The maximum atomic E-state index is 10.6. The van der Waals surface area contributed by atoms with Gasteiger partial charge in [0.15, 0.2) is 0 Å². The number of nitrogens with zero attached hydrogens (tertiary/aromatic N) is 2. The number of rotatable bonds is 5. The SMILES string of the molecule is CC(NCC1(O)CCSCC1)c1ccc(-n2ccnc2)cc1. The third kappa shape index (κ3) is 3.72. The van der Waals surface area contributed by atoms with Gasteiger partial charge in [-0.2, -0.15) is 11.8 Å². The Morgan fingerprint density at radius 3 is 2.68 bits per heavy atom. The Hall–Kier alpha value is -1.30. The van der Waals surface area contributed by atoms with Crippen LogP contribution in [0.2, 0.25) is 0 Å². The summed E-state index contributed by atoms with van der Waals surface area (Å²) in [6, 6.07) is 8.69. The zero-order chi connectivity index (χ0) is 15.4. The highest BCUT2D eigenvalue weighted by atomic mass is 32.2. The van der Waals surface area contributed by atoms with Gasteiger partial charge in [0, 0.05) is 30.7 Å². The summed E-state index contributed by atoms with van der Waals surface area (Å²) >= 11 is 1.93. The fourth-order valence-electron chi connectivity index (χ4n) is 2.74. The van der Waals surface area contributed by atoms with Crippen molar-refractivity contribution in [3.63, 3.8) is 0 Å². The van der Waals surface area contributed by atoms with Crippen LogP contribution in [-0.2, 0) is 0 Å². The Kier molecular flexibility index (Phi) is 4.86. The zero-order valence-corrected chi connectivity index (χ0v) is 13.7. The average molecular weight is 317 g/mol. The Morgan fingerprint density at radius 2 is 2.05 bits per heavy atom. The lowest BCUT2D eigenvalue weighted by Gasteiger charge is -2.33. The van der Waals surface area contributed by atoms with E-state index in [-0.39, 0.29) is 6.04 Å². The van der Waals surface area contributed by atoms with Crippen LogP contribution in [0.5, 0.6) is 0 Å². The average Bonchev–Trinajstić information content (AvgIpc) is 3.08. The number of thioether (sulfide) groups is 1. The van der Waals surface area contributed by atoms with Gasteiger partial charge in [0.25, 0.3) is 0 Å². The molecule has 22 heavy (non-hydrogen) atoms. The van der Waals surface area contributed by atoms with Crippen LogP contribution in [0.3, 0.4) is 0 Å². The summed E-state index contributed by atoms with van der Waals surface area (Å²) in [5.41, 5.74) is 1.81. The van der Waals surface area contributed by atoms with Crippen LogP contribution in [0, 0.1) is 0 Å². The summed E-state index contributed by atoms with van der Waals surface area (Å²) in [7, 11) is 0. The monoisotopic (exact) mass is 317 g/mol. The molecule has 5 heteroatoms. The van der Waals surface area contributed by atoms with Gasteiger partial charge < -0.3 is 15.0 Å². The molecule has 4 nitrogen and oxygen atoms in total. The van der Waals surface area contributed by atoms with Gasteiger partial charge in [0.2, 0.25) is 0 Å². The highest BCUT2D eigenvalue weighted by molar-refractivity contribution is 7.99. The molecule has 1 aliphatic heterocycles. The first-order chi connectivity index (χ1) is 10.7. The van der Waals surface area contributed by atoms with Gasteiger partial charge in [-0.15, -0.1) is 0 Å². The fraction of sp³-hybridized carbons (Fsp3) is 0.471. The number of imidazole rings is 1. The molecule has 1 atom stereocenters. The Labute approximate surface area is 136 Å². The van der Waals surface area contributed by atoms with Crippen molar-refractivity contribution in [2.24, 2.45) is 0 Å².